The number of hydrogen-bond acceptors (Lipinski definition) is 2. The van der Waals surface area contributed by atoms with Crippen LogP contribution >= 0.6 is 0 Å². The Balaban J connectivity index is 2.56. The molecule has 1 aromatic rings. The van der Waals surface area contributed by atoms with Gasteiger partial charge < -0.3 is 10.8 Å². The molecule has 3 heteroatoms. The van der Waals surface area contributed by atoms with E-state index in [-0.39, 0.29) is 5.54 Å². The summed E-state index contributed by atoms with van der Waals surface area (Å²) in [5.41, 5.74) is 8.97. The van der Waals surface area contributed by atoms with Crippen molar-refractivity contribution in [3.8, 4) is 0 Å². The van der Waals surface area contributed by atoms with Gasteiger partial charge in [0.1, 0.15) is 0 Å². The summed E-state index contributed by atoms with van der Waals surface area (Å²) in [6.07, 6.45) is 1.91. The summed E-state index contributed by atoms with van der Waals surface area (Å²) >= 11 is 0. The van der Waals surface area contributed by atoms with Crippen molar-refractivity contribution >= 4 is 5.97 Å². The molecule has 1 fully saturated rings. The standard InChI is InChI=1S/C12H15NO2/c1-7-5-9(12(13)3-4-12)6-10(8(7)2)11(14)15/h5-6H,3-4,13H2,1-2H3,(H,14,15). The molecule has 1 aliphatic carbocycles. The van der Waals surface area contributed by atoms with Crippen LogP contribution in [-0.4, -0.2) is 11.1 Å². The number of carboxylic acids is 1. The molecule has 2 rings (SSSR count). The maximum atomic E-state index is 11.0. The van der Waals surface area contributed by atoms with E-state index in [9.17, 15) is 4.79 Å². The first-order chi connectivity index (χ1) is 6.94. The Morgan fingerprint density at radius 1 is 1.40 bits per heavy atom. The van der Waals surface area contributed by atoms with Gasteiger partial charge in [-0.15, -0.1) is 0 Å². The van der Waals surface area contributed by atoms with E-state index in [2.05, 4.69) is 0 Å². The minimum atomic E-state index is -0.873. The van der Waals surface area contributed by atoms with Gasteiger partial charge in [-0.25, -0.2) is 4.79 Å². The van der Waals surface area contributed by atoms with Gasteiger partial charge in [0, 0.05) is 5.54 Å². The molecule has 80 valence electrons. The normalized spacial score (nSPS) is 17.5. The van der Waals surface area contributed by atoms with E-state index in [0.29, 0.717) is 5.56 Å². The van der Waals surface area contributed by atoms with E-state index < -0.39 is 5.97 Å². The van der Waals surface area contributed by atoms with Crippen LogP contribution in [0.4, 0.5) is 0 Å². The fourth-order valence-corrected chi connectivity index (χ4v) is 1.79. The first-order valence-corrected chi connectivity index (χ1v) is 5.08. The van der Waals surface area contributed by atoms with Gasteiger partial charge in [0.05, 0.1) is 5.56 Å². The number of benzene rings is 1. The van der Waals surface area contributed by atoms with Gasteiger partial charge in [-0.05, 0) is 49.4 Å². The van der Waals surface area contributed by atoms with Gasteiger partial charge in [0.15, 0.2) is 0 Å². The van der Waals surface area contributed by atoms with E-state index >= 15 is 0 Å². The highest BCUT2D eigenvalue weighted by Crippen LogP contribution is 2.43. The predicted octanol–water partition coefficient (Wildman–Crippen LogP) is 1.95. The molecular formula is C12H15NO2. The van der Waals surface area contributed by atoms with Crippen molar-refractivity contribution in [3.05, 3.63) is 34.4 Å². The predicted molar refractivity (Wildman–Crippen MR) is 58.0 cm³/mol. The summed E-state index contributed by atoms with van der Waals surface area (Å²) in [7, 11) is 0. The molecule has 0 heterocycles. The second-order valence-electron chi connectivity index (χ2n) is 4.43. The van der Waals surface area contributed by atoms with E-state index in [4.69, 9.17) is 10.8 Å². The minimum Gasteiger partial charge on any atom is -0.478 e. The zero-order chi connectivity index (χ0) is 11.2. The fraction of sp³-hybridized carbons (Fsp3) is 0.417. The highest BCUT2D eigenvalue weighted by molar-refractivity contribution is 5.90. The van der Waals surface area contributed by atoms with Gasteiger partial charge >= 0.3 is 5.97 Å². The lowest BCUT2D eigenvalue weighted by atomic mass is 9.95. The molecule has 0 saturated heterocycles. The molecule has 1 saturated carbocycles. The lowest BCUT2D eigenvalue weighted by Gasteiger charge is -2.13. The molecule has 0 unspecified atom stereocenters. The average molecular weight is 205 g/mol. The molecule has 0 amide bonds. The average Bonchev–Trinajstić information content (AvgIpc) is 2.89. The van der Waals surface area contributed by atoms with Crippen LogP contribution in [0.2, 0.25) is 0 Å². The third kappa shape index (κ3) is 1.63. The SMILES string of the molecule is Cc1cc(C2(N)CC2)cc(C(=O)O)c1C. The summed E-state index contributed by atoms with van der Waals surface area (Å²) in [5, 5.41) is 9.06. The fourth-order valence-electron chi connectivity index (χ4n) is 1.79. The Morgan fingerprint density at radius 2 is 2.00 bits per heavy atom. The quantitative estimate of drug-likeness (QED) is 0.775. The number of aromatic carboxylic acids is 1. The largest absolute Gasteiger partial charge is 0.478 e. The Bertz CT molecular complexity index is 433. The van der Waals surface area contributed by atoms with Crippen molar-refractivity contribution in [3.63, 3.8) is 0 Å². The third-order valence-electron chi connectivity index (χ3n) is 3.26. The Kier molecular flexibility index (Phi) is 2.08. The molecule has 3 N–H and O–H groups in total. The topological polar surface area (TPSA) is 63.3 Å². The van der Waals surface area contributed by atoms with Crippen LogP contribution in [0.5, 0.6) is 0 Å². The Labute approximate surface area is 88.9 Å². The molecule has 1 aromatic carbocycles. The highest BCUT2D eigenvalue weighted by atomic mass is 16.4. The summed E-state index contributed by atoms with van der Waals surface area (Å²) in [5.74, 6) is -0.873. The monoisotopic (exact) mass is 205 g/mol. The van der Waals surface area contributed by atoms with Crippen LogP contribution in [0.1, 0.15) is 39.9 Å². The zero-order valence-corrected chi connectivity index (χ0v) is 9.00. The van der Waals surface area contributed by atoms with E-state index in [1.54, 1.807) is 6.07 Å². The minimum absolute atomic E-state index is 0.261. The lowest BCUT2D eigenvalue weighted by Crippen LogP contribution is -2.20. The number of carbonyl (C=O) groups is 1. The van der Waals surface area contributed by atoms with Gasteiger partial charge in [-0.3, -0.25) is 0 Å². The first-order valence-electron chi connectivity index (χ1n) is 5.08. The number of aryl methyl sites for hydroxylation is 1. The second kappa shape index (κ2) is 3.07. The molecule has 0 spiro atoms. The van der Waals surface area contributed by atoms with Crippen LogP contribution in [0.3, 0.4) is 0 Å². The maximum absolute atomic E-state index is 11.0. The van der Waals surface area contributed by atoms with Crippen molar-refractivity contribution in [2.75, 3.05) is 0 Å². The van der Waals surface area contributed by atoms with Gasteiger partial charge in [0.2, 0.25) is 0 Å². The van der Waals surface area contributed by atoms with Gasteiger partial charge in [-0.2, -0.15) is 0 Å². The lowest BCUT2D eigenvalue weighted by molar-refractivity contribution is 0.0696. The molecule has 0 aromatic heterocycles. The van der Waals surface area contributed by atoms with Crippen molar-refractivity contribution < 1.29 is 9.90 Å². The number of nitrogens with two attached hydrogens (primary N) is 1. The van der Waals surface area contributed by atoms with Crippen molar-refractivity contribution in [1.29, 1.82) is 0 Å². The smallest absolute Gasteiger partial charge is 0.335 e. The van der Waals surface area contributed by atoms with Crippen LogP contribution < -0.4 is 5.73 Å². The molecule has 15 heavy (non-hydrogen) atoms. The summed E-state index contributed by atoms with van der Waals surface area (Å²) in [4.78, 5) is 11.0. The molecule has 0 aliphatic heterocycles. The van der Waals surface area contributed by atoms with Crippen LogP contribution in [0.25, 0.3) is 0 Å². The van der Waals surface area contributed by atoms with Crippen molar-refractivity contribution in [1.82, 2.24) is 0 Å². The van der Waals surface area contributed by atoms with Crippen molar-refractivity contribution in [2.45, 2.75) is 32.2 Å². The molecule has 3 nitrogen and oxygen atoms in total. The highest BCUT2D eigenvalue weighted by Gasteiger charge is 2.40. The Hall–Kier alpha value is -1.35. The summed E-state index contributed by atoms with van der Waals surface area (Å²) < 4.78 is 0. The van der Waals surface area contributed by atoms with Crippen LogP contribution in [0.15, 0.2) is 12.1 Å². The second-order valence-corrected chi connectivity index (χ2v) is 4.43. The molecular weight excluding hydrogens is 190 g/mol. The molecule has 1 aliphatic rings. The molecule has 0 bridgehead atoms. The number of carboxylic acid groups (broad SMARTS) is 1. The summed E-state index contributed by atoms with van der Waals surface area (Å²) in [6, 6.07) is 3.73. The van der Waals surface area contributed by atoms with Crippen molar-refractivity contribution in [2.24, 2.45) is 5.73 Å². The van der Waals surface area contributed by atoms with Gasteiger partial charge in [0.25, 0.3) is 0 Å². The van der Waals surface area contributed by atoms with Gasteiger partial charge in [-0.1, -0.05) is 6.07 Å². The Morgan fingerprint density at radius 3 is 2.47 bits per heavy atom. The number of hydrogen-bond donors (Lipinski definition) is 2. The van der Waals surface area contributed by atoms with Crippen LogP contribution in [-0.2, 0) is 5.54 Å². The molecule has 0 atom stereocenters. The van der Waals surface area contributed by atoms with E-state index in [1.165, 1.54) is 0 Å². The molecule has 0 radical (unpaired) electrons. The van der Waals surface area contributed by atoms with E-state index in [1.807, 2.05) is 19.9 Å². The zero-order valence-electron chi connectivity index (χ0n) is 9.00. The first kappa shape index (κ1) is 10.2. The third-order valence-corrected chi connectivity index (χ3v) is 3.26. The van der Waals surface area contributed by atoms with E-state index in [0.717, 1.165) is 29.5 Å². The van der Waals surface area contributed by atoms with Crippen LogP contribution in [0, 0.1) is 13.8 Å². The number of rotatable bonds is 2. The maximum Gasteiger partial charge on any atom is 0.335 e. The summed E-state index contributed by atoms with van der Waals surface area (Å²) in [6.45, 7) is 3.76.